The van der Waals surface area contributed by atoms with Crippen molar-refractivity contribution < 1.29 is 14.3 Å². The Morgan fingerprint density at radius 1 is 1.41 bits per heavy atom. The molecule has 3 rings (SSSR count). The average Bonchev–Trinajstić information content (AvgIpc) is 3.16. The zero-order valence-corrected chi connectivity index (χ0v) is 13.0. The number of hydrogen-bond acceptors (Lipinski definition) is 6. The number of ether oxygens (including phenoxy) is 2. The van der Waals surface area contributed by atoms with Crippen molar-refractivity contribution in [3.05, 3.63) is 17.5 Å². The minimum atomic E-state index is -0.193. The van der Waals surface area contributed by atoms with E-state index in [4.69, 9.17) is 21.1 Å². The van der Waals surface area contributed by atoms with Gasteiger partial charge in [0.15, 0.2) is 11.8 Å². The lowest BCUT2D eigenvalue weighted by Gasteiger charge is -2.27. The van der Waals surface area contributed by atoms with Crippen molar-refractivity contribution in [2.45, 2.75) is 24.9 Å². The molecule has 1 N–H and O–H groups in total. The van der Waals surface area contributed by atoms with Crippen molar-refractivity contribution in [3.8, 4) is 5.88 Å². The summed E-state index contributed by atoms with van der Waals surface area (Å²) in [6.07, 6.45) is 5.26. The molecule has 3 heterocycles. The van der Waals surface area contributed by atoms with E-state index >= 15 is 0 Å². The summed E-state index contributed by atoms with van der Waals surface area (Å²) in [6.45, 7) is 3.26. The van der Waals surface area contributed by atoms with E-state index in [1.54, 1.807) is 0 Å². The van der Waals surface area contributed by atoms with Crippen LogP contribution in [0.5, 0.6) is 5.88 Å². The van der Waals surface area contributed by atoms with E-state index < -0.39 is 0 Å². The largest absolute Gasteiger partial charge is 0.466 e. The van der Waals surface area contributed by atoms with Crippen LogP contribution in [0, 0.1) is 0 Å². The summed E-state index contributed by atoms with van der Waals surface area (Å²) in [5.41, 5.74) is 0. The van der Waals surface area contributed by atoms with Crippen molar-refractivity contribution >= 4 is 17.5 Å². The van der Waals surface area contributed by atoms with E-state index in [0.717, 1.165) is 13.1 Å². The van der Waals surface area contributed by atoms with Crippen molar-refractivity contribution in [2.75, 3.05) is 32.9 Å². The van der Waals surface area contributed by atoms with E-state index in [0.29, 0.717) is 13.2 Å². The quantitative estimate of drug-likeness (QED) is 0.848. The summed E-state index contributed by atoms with van der Waals surface area (Å²) in [5, 5.41) is 3.21. The lowest BCUT2D eigenvalue weighted by molar-refractivity contribution is -0.124. The fourth-order valence-corrected chi connectivity index (χ4v) is 3.04. The maximum absolute atomic E-state index is 12.0. The van der Waals surface area contributed by atoms with Crippen molar-refractivity contribution in [1.29, 1.82) is 0 Å². The lowest BCUT2D eigenvalue weighted by Crippen LogP contribution is -2.51. The molecule has 22 heavy (non-hydrogen) atoms. The van der Waals surface area contributed by atoms with Gasteiger partial charge in [-0.15, -0.1) is 0 Å². The van der Waals surface area contributed by atoms with Crippen LogP contribution in [0.1, 0.15) is 12.8 Å². The maximum Gasteiger partial charge on any atom is 0.258 e. The molecule has 0 aromatic carbocycles. The molecule has 120 valence electrons. The zero-order valence-electron chi connectivity index (χ0n) is 12.2. The Morgan fingerprint density at radius 3 is 3.00 bits per heavy atom. The van der Waals surface area contributed by atoms with Crippen LogP contribution in [-0.4, -0.2) is 65.8 Å². The molecule has 2 aliphatic heterocycles. The smallest absolute Gasteiger partial charge is 0.258 e. The van der Waals surface area contributed by atoms with E-state index in [1.165, 1.54) is 25.2 Å². The summed E-state index contributed by atoms with van der Waals surface area (Å²) in [6, 6.07) is 0.275. The zero-order chi connectivity index (χ0) is 15.4. The third-order valence-electron chi connectivity index (χ3n) is 3.94. The van der Waals surface area contributed by atoms with Gasteiger partial charge in [0.05, 0.1) is 37.7 Å². The van der Waals surface area contributed by atoms with Gasteiger partial charge in [-0.2, -0.15) is 4.98 Å². The number of hydrogen-bond donors (Lipinski definition) is 1. The molecule has 2 saturated heterocycles. The molecule has 0 radical (unpaired) electrons. The molecule has 1 aromatic heterocycles. The molecular formula is C14H19ClN4O3. The highest BCUT2D eigenvalue weighted by Crippen LogP contribution is 2.19. The molecule has 2 aliphatic rings. The second-order valence-corrected chi connectivity index (χ2v) is 5.88. The molecule has 8 heteroatoms. The minimum absolute atomic E-state index is 0.0136. The highest BCUT2D eigenvalue weighted by Gasteiger charge is 2.35. The molecule has 0 aliphatic carbocycles. The van der Waals surface area contributed by atoms with Crippen molar-refractivity contribution in [1.82, 2.24) is 20.2 Å². The monoisotopic (exact) mass is 326 g/mol. The normalized spacial score (nSPS) is 25.3. The Morgan fingerprint density at radius 2 is 2.23 bits per heavy atom. The molecule has 0 unspecified atom stereocenters. The van der Waals surface area contributed by atoms with Crippen molar-refractivity contribution in [3.63, 3.8) is 0 Å². The number of rotatable bonds is 5. The number of nitrogens with one attached hydrogen (secondary N) is 1. The molecule has 0 saturated carbocycles. The highest BCUT2D eigenvalue weighted by molar-refractivity contribution is 6.29. The number of nitrogens with zero attached hydrogens (tertiary/aromatic N) is 3. The summed E-state index contributed by atoms with van der Waals surface area (Å²) in [5.74, 6) is 0.0443. The van der Waals surface area contributed by atoms with E-state index in [-0.39, 0.29) is 35.6 Å². The fraction of sp³-hybridized carbons (Fsp3) is 0.643. The summed E-state index contributed by atoms with van der Waals surface area (Å²) in [4.78, 5) is 22.2. The number of halogens is 1. The molecule has 0 bridgehead atoms. The van der Waals surface area contributed by atoms with Gasteiger partial charge in [0.1, 0.15) is 0 Å². The number of carbonyl (C=O) groups is 1. The van der Waals surface area contributed by atoms with E-state index in [9.17, 15) is 4.79 Å². The van der Waals surface area contributed by atoms with Gasteiger partial charge >= 0.3 is 0 Å². The molecule has 1 amide bonds. The van der Waals surface area contributed by atoms with Crippen LogP contribution in [0.3, 0.4) is 0 Å². The first-order valence-electron chi connectivity index (χ1n) is 7.44. The van der Waals surface area contributed by atoms with Gasteiger partial charge in [-0.05, 0) is 25.9 Å². The highest BCUT2D eigenvalue weighted by atomic mass is 35.5. The Kier molecular flexibility index (Phi) is 5.07. The summed E-state index contributed by atoms with van der Waals surface area (Å²) in [7, 11) is 0. The summed E-state index contributed by atoms with van der Waals surface area (Å²) >= 11 is 5.71. The van der Waals surface area contributed by atoms with Crippen LogP contribution in [0.25, 0.3) is 0 Å². The third kappa shape index (κ3) is 3.85. The van der Waals surface area contributed by atoms with Gasteiger partial charge in [-0.3, -0.25) is 14.7 Å². The summed E-state index contributed by atoms with van der Waals surface area (Å²) < 4.78 is 10.8. The Bertz CT molecular complexity index is 525. The number of likely N-dealkylation sites (tertiary alicyclic amines) is 1. The first-order valence-corrected chi connectivity index (χ1v) is 7.81. The van der Waals surface area contributed by atoms with Crippen LogP contribution in [0.4, 0.5) is 0 Å². The number of aromatic nitrogens is 2. The SMILES string of the molecule is O=C(COc1cncc(Cl)n1)N[C@@H]1COC[C@H]1N1CCCC1. The predicted molar refractivity (Wildman–Crippen MR) is 79.9 cm³/mol. The Balaban J connectivity index is 1.48. The molecule has 2 atom stereocenters. The van der Waals surface area contributed by atoms with Gasteiger partial charge in [-0.1, -0.05) is 11.6 Å². The fourth-order valence-electron chi connectivity index (χ4n) is 2.90. The number of carbonyl (C=O) groups excluding carboxylic acids is 1. The van der Waals surface area contributed by atoms with Gasteiger partial charge in [0.2, 0.25) is 5.88 Å². The van der Waals surface area contributed by atoms with Gasteiger partial charge < -0.3 is 14.8 Å². The van der Waals surface area contributed by atoms with Crippen LogP contribution < -0.4 is 10.1 Å². The lowest BCUT2D eigenvalue weighted by atomic mass is 10.1. The Hall–Kier alpha value is -1.44. The first-order chi connectivity index (χ1) is 10.7. The van der Waals surface area contributed by atoms with Gasteiger partial charge in [0, 0.05) is 0 Å². The standard InChI is InChI=1S/C14H19ClN4O3/c15-12-5-16-6-14(18-12)22-9-13(20)17-10-7-21-8-11(10)19-3-1-2-4-19/h5-6,10-11H,1-4,7-9H2,(H,17,20)/t10-,11-/m1/s1. The Labute approximate surface area is 134 Å². The van der Waals surface area contributed by atoms with Crippen LogP contribution in [0.2, 0.25) is 5.15 Å². The molecule has 7 nitrogen and oxygen atoms in total. The average molecular weight is 327 g/mol. The molecule has 2 fully saturated rings. The second kappa shape index (κ2) is 7.21. The minimum Gasteiger partial charge on any atom is -0.466 e. The first kappa shape index (κ1) is 15.5. The molecular weight excluding hydrogens is 308 g/mol. The second-order valence-electron chi connectivity index (χ2n) is 5.49. The maximum atomic E-state index is 12.0. The molecule has 0 spiro atoms. The van der Waals surface area contributed by atoms with Crippen LogP contribution in [0.15, 0.2) is 12.4 Å². The van der Waals surface area contributed by atoms with Crippen molar-refractivity contribution in [2.24, 2.45) is 0 Å². The van der Waals surface area contributed by atoms with Gasteiger partial charge in [-0.25, -0.2) is 0 Å². The number of amides is 1. The van der Waals surface area contributed by atoms with Crippen LogP contribution in [-0.2, 0) is 9.53 Å². The molecule has 1 aromatic rings. The third-order valence-corrected chi connectivity index (χ3v) is 4.12. The van der Waals surface area contributed by atoms with E-state index in [2.05, 4.69) is 20.2 Å². The topological polar surface area (TPSA) is 76.6 Å². The van der Waals surface area contributed by atoms with Crippen LogP contribution >= 0.6 is 11.6 Å². The van der Waals surface area contributed by atoms with Gasteiger partial charge in [0.25, 0.3) is 5.91 Å². The predicted octanol–water partition coefficient (Wildman–Crippen LogP) is 0.488. The van der Waals surface area contributed by atoms with E-state index in [1.807, 2.05) is 0 Å².